The molecule has 6 aromatic carbocycles. The van der Waals surface area contributed by atoms with Gasteiger partial charge in [0.1, 0.15) is 34.5 Å². The number of aliphatic hydroxyl groups excluding tert-OH is 3. The number of benzene rings is 6. The Balaban J connectivity index is 0.000000137. The summed E-state index contributed by atoms with van der Waals surface area (Å²) in [5.41, 5.74) is 28.1. The predicted octanol–water partition coefficient (Wildman–Crippen LogP) is 11.2. The second kappa shape index (κ2) is 33.4. The second-order valence-electron chi connectivity index (χ2n) is 33.0. The highest BCUT2D eigenvalue weighted by Crippen LogP contribution is 2.46. The molecule has 3 saturated heterocycles. The number of nitrogens with zero attached hydrogens (tertiary/aromatic N) is 9. The number of carbonyl (C=O) groups excluding carboxylic acids is 6. The van der Waals surface area contributed by atoms with Crippen molar-refractivity contribution in [3.05, 3.63) is 294 Å². The fraction of sp³-hybridized carbons (Fsp3) is 0.281. The van der Waals surface area contributed by atoms with Crippen molar-refractivity contribution in [1.29, 1.82) is 0 Å². The minimum absolute atomic E-state index is 0.000222. The summed E-state index contributed by atoms with van der Waals surface area (Å²) in [7, 11) is 6.71. The lowest BCUT2D eigenvalue weighted by atomic mass is 9.92. The lowest BCUT2D eigenvalue weighted by molar-refractivity contribution is -0.132. The highest BCUT2D eigenvalue weighted by Gasteiger charge is 2.38. The number of nitrogens with two attached hydrogens (primary N) is 3. The molecule has 0 spiro atoms. The number of rotatable bonds is 24. The Morgan fingerprint density at radius 2 is 0.756 bits per heavy atom. The first-order valence-electron chi connectivity index (χ1n) is 41.0. The number of carbonyl (C=O) groups is 6. The van der Waals surface area contributed by atoms with E-state index in [1.54, 1.807) is 134 Å². The van der Waals surface area contributed by atoms with Crippen LogP contribution in [0.25, 0.3) is 82.8 Å². The predicted molar refractivity (Wildman–Crippen MR) is 465 cm³/mol. The smallest absolute Gasteiger partial charge is 0.266 e. The van der Waals surface area contributed by atoms with Crippen LogP contribution in [0.4, 0.5) is 8.78 Å². The molecule has 630 valence electrons. The number of aliphatic hydroxyl groups is 3. The normalized spacial score (nSPS) is 15.2. The van der Waals surface area contributed by atoms with Gasteiger partial charge in [-0.1, -0.05) is 74.3 Å². The molecule has 27 heteroatoms. The summed E-state index contributed by atoms with van der Waals surface area (Å²) in [4.78, 5) is 120. The highest BCUT2D eigenvalue weighted by atomic mass is 19.1. The maximum Gasteiger partial charge on any atom is 0.266 e. The first kappa shape index (κ1) is 83.0. The molecule has 3 aliphatic carbocycles. The molecule has 6 aliphatic rings. The van der Waals surface area contributed by atoms with Crippen LogP contribution in [-0.4, -0.2) is 139 Å². The van der Waals surface area contributed by atoms with Crippen molar-refractivity contribution in [2.75, 3.05) is 46.4 Å². The number of aromatic nitrogens is 6. The summed E-state index contributed by atoms with van der Waals surface area (Å²) in [6, 6.07) is 37.6. The van der Waals surface area contributed by atoms with Crippen LogP contribution in [0.3, 0.4) is 0 Å². The van der Waals surface area contributed by atoms with Crippen LogP contribution >= 0.6 is 0 Å². The third-order valence-electron chi connectivity index (χ3n) is 24.9. The standard InChI is InChI=1S/C33H34N4O5.C32H31FN4O4.C31H29FN4O4/c1-4-30(39)36-15-19(16-36)10-24-12-22-11-21(20-8-9-20)14-29(42-3)31(22)33(41)37(24)27-7-5-6-25(26(27)18-38)23-13-28(32(34)40)35(2)17-23;1-3-29(39)36-14-18(15-36)9-23-11-21-10-20(19-7-8-19)12-26(33)30(21)32(41)37(23)27-6-4-5-24(25(27)17-38)22-13-28(31(34)40)35(2)16-22;1-3-28(38)35-14-21(15-35)26-11-19-9-18(17-7-8-17)10-24(32)29(19)31(40)36(26)25-6-4-5-22(23(25)16-37)20-12-27(30(33)39)34(2)13-20/h4-7,11-14,17,19-20,38H,1,8-10,15-16,18H2,2-3H3,(H2,34,40);3-6,10-13,16,18-19,38H,1,7-9,14-15,17H2,2H3,(H2,34,40);3-6,9-13,17,21,37H,1,7-8,14-16H2,2H3,(H2,33,39). The van der Waals surface area contributed by atoms with Crippen molar-refractivity contribution in [2.45, 2.75) is 94.9 Å². The monoisotopic (exact) mass is 1660 g/mol. The van der Waals surface area contributed by atoms with Gasteiger partial charge in [0.25, 0.3) is 34.4 Å². The van der Waals surface area contributed by atoms with Crippen LogP contribution in [-0.2, 0) is 68.2 Å². The fourth-order valence-corrected chi connectivity index (χ4v) is 18.0. The molecule has 0 radical (unpaired) electrons. The summed E-state index contributed by atoms with van der Waals surface area (Å²) in [5.74, 6) is -1.57. The Morgan fingerprint density at radius 3 is 1.09 bits per heavy atom. The number of aryl methyl sites for hydroxylation is 3. The van der Waals surface area contributed by atoms with Crippen LogP contribution in [0, 0.1) is 23.5 Å². The molecule has 3 aliphatic heterocycles. The summed E-state index contributed by atoms with van der Waals surface area (Å²) in [6.07, 6.45) is 16.4. The Labute approximate surface area is 705 Å². The Bertz CT molecular complexity index is 6630. The number of primary amides is 3. The van der Waals surface area contributed by atoms with E-state index in [0.717, 1.165) is 60.7 Å². The Morgan fingerprint density at radius 1 is 0.431 bits per heavy atom. The van der Waals surface area contributed by atoms with Gasteiger partial charge in [0.05, 0.1) is 60.2 Å². The summed E-state index contributed by atoms with van der Waals surface area (Å²) in [5, 5.41) is 34.2. The molecule has 9 N–H and O–H groups in total. The van der Waals surface area contributed by atoms with Crippen molar-refractivity contribution in [3.8, 4) is 56.2 Å². The maximum atomic E-state index is 15.5. The second-order valence-corrected chi connectivity index (χ2v) is 33.0. The number of fused-ring (bicyclic) bond motifs is 3. The topological polar surface area (TPSA) is 341 Å². The van der Waals surface area contributed by atoms with Gasteiger partial charge in [-0.15, -0.1) is 0 Å². The molecule has 0 bridgehead atoms. The minimum Gasteiger partial charge on any atom is -0.496 e. The van der Waals surface area contributed by atoms with Gasteiger partial charge in [-0.3, -0.25) is 56.9 Å². The molecule has 18 rings (SSSR count). The molecular weight excluding hydrogens is 1570 g/mol. The van der Waals surface area contributed by atoms with Crippen molar-refractivity contribution in [2.24, 2.45) is 50.2 Å². The zero-order valence-corrected chi connectivity index (χ0v) is 68.6. The van der Waals surface area contributed by atoms with Crippen molar-refractivity contribution < 1.29 is 57.6 Å². The van der Waals surface area contributed by atoms with Crippen molar-refractivity contribution in [3.63, 3.8) is 0 Å². The average molecular weight is 1660 g/mol. The molecule has 6 aromatic heterocycles. The van der Waals surface area contributed by atoms with Gasteiger partial charge in [-0.2, -0.15) is 0 Å². The first-order valence-corrected chi connectivity index (χ1v) is 41.0. The third-order valence-corrected chi connectivity index (χ3v) is 24.9. The molecule has 3 saturated carbocycles. The number of hydrogen-bond donors (Lipinski definition) is 6. The molecule has 123 heavy (non-hydrogen) atoms. The van der Waals surface area contributed by atoms with Gasteiger partial charge in [0.15, 0.2) is 0 Å². The number of pyridine rings is 3. The van der Waals surface area contributed by atoms with E-state index in [4.69, 9.17) is 21.9 Å². The van der Waals surface area contributed by atoms with Gasteiger partial charge in [-0.25, -0.2) is 8.78 Å². The molecule has 12 aromatic rings. The number of hydrogen-bond acceptors (Lipinski definition) is 13. The Kier molecular flexibility index (Phi) is 22.6. The van der Waals surface area contributed by atoms with Crippen LogP contribution in [0.15, 0.2) is 198 Å². The van der Waals surface area contributed by atoms with Gasteiger partial charge in [-0.05, 0) is 222 Å². The van der Waals surface area contributed by atoms with Crippen molar-refractivity contribution in [1.82, 2.24) is 42.1 Å². The molecule has 6 fully saturated rings. The summed E-state index contributed by atoms with van der Waals surface area (Å²) < 4.78 is 46.3. The third kappa shape index (κ3) is 15.7. The van der Waals surface area contributed by atoms with Gasteiger partial charge in [0.2, 0.25) is 17.7 Å². The molecular formula is C96H94F2N12O13. The largest absolute Gasteiger partial charge is 0.496 e. The lowest BCUT2D eigenvalue weighted by Gasteiger charge is -2.40. The number of ether oxygens (including phenoxy) is 1. The van der Waals surface area contributed by atoms with Crippen LogP contribution in [0.5, 0.6) is 5.75 Å². The highest BCUT2D eigenvalue weighted by molar-refractivity contribution is 5.97. The zero-order chi connectivity index (χ0) is 87.0. The van der Waals surface area contributed by atoms with Crippen LogP contribution in [0.1, 0.15) is 144 Å². The van der Waals surface area contributed by atoms with E-state index >= 15 is 8.78 Å². The molecule has 0 unspecified atom stereocenters. The minimum atomic E-state index is -0.590. The van der Waals surface area contributed by atoms with Gasteiger partial charge >= 0.3 is 0 Å². The average Bonchev–Trinajstić information content (AvgIpc) is 1.64. The quantitative estimate of drug-likeness (QED) is 0.0307. The van der Waals surface area contributed by atoms with E-state index in [0.29, 0.717) is 187 Å². The van der Waals surface area contributed by atoms with Crippen molar-refractivity contribution >= 4 is 67.8 Å². The molecule has 0 atom stereocenters. The zero-order valence-electron chi connectivity index (χ0n) is 68.6. The van der Waals surface area contributed by atoms with E-state index in [1.807, 2.05) is 54.6 Å². The fourth-order valence-electron chi connectivity index (χ4n) is 18.0. The number of amides is 6. The summed E-state index contributed by atoms with van der Waals surface area (Å²) >= 11 is 0. The van der Waals surface area contributed by atoms with Gasteiger partial charge in [0, 0.05) is 135 Å². The van der Waals surface area contributed by atoms with Crippen LogP contribution < -0.4 is 38.6 Å². The molecule has 9 heterocycles. The van der Waals surface area contributed by atoms with E-state index in [2.05, 4.69) is 25.8 Å². The van der Waals surface area contributed by atoms with E-state index < -0.39 is 53.7 Å². The van der Waals surface area contributed by atoms with E-state index in [1.165, 1.54) is 45.1 Å². The Hall–Kier alpha value is -13.6. The summed E-state index contributed by atoms with van der Waals surface area (Å²) in [6.45, 7) is 12.5. The molecule has 6 amide bonds. The van der Waals surface area contributed by atoms with E-state index in [9.17, 15) is 58.5 Å². The number of halogens is 2. The maximum absolute atomic E-state index is 15.5. The van der Waals surface area contributed by atoms with E-state index in [-0.39, 0.29) is 58.4 Å². The number of methoxy groups -OCH3 is 1. The molecule has 25 nitrogen and oxygen atoms in total. The van der Waals surface area contributed by atoms with Crippen LogP contribution in [0.2, 0.25) is 0 Å². The van der Waals surface area contributed by atoms with Gasteiger partial charge < -0.3 is 65.7 Å². The SMILES string of the molecule is C=CC(=O)N1CC(Cc2cc3cc(C4CC4)cc(F)c3c(=O)n2-c2cccc(-c3cc(C(N)=O)n(C)c3)c2CO)C1.C=CC(=O)N1CC(Cc2cc3cc(C4CC4)cc(OC)c3c(=O)n2-c2cccc(-c3cc(C(N)=O)n(C)c3)c2CO)C1.C=CC(=O)N1CC(c2cc3cc(C4CC4)cc(F)c3c(=O)n2-c2cccc(-c3cc(C(N)=O)n(C)c3)c2CO)C1. The number of likely N-dealkylation sites (tertiary alicyclic amines) is 3. The lowest BCUT2D eigenvalue weighted by Crippen LogP contribution is -2.50. The first-order chi connectivity index (χ1) is 59.1.